The molecule has 0 bridgehead atoms. The van der Waals surface area contributed by atoms with Crippen LogP contribution in [0.2, 0.25) is 5.02 Å². The Labute approximate surface area is 119 Å². The van der Waals surface area contributed by atoms with Crippen LogP contribution in [0, 0.1) is 3.57 Å². The van der Waals surface area contributed by atoms with E-state index in [1.807, 2.05) is 29.5 Å². The highest BCUT2D eigenvalue weighted by Crippen LogP contribution is 2.33. The van der Waals surface area contributed by atoms with Crippen molar-refractivity contribution in [3.05, 3.63) is 26.3 Å². The quantitative estimate of drug-likeness (QED) is 0.713. The minimum Gasteiger partial charge on any atom is -0.506 e. The Balaban J connectivity index is 3.07. The molecule has 1 rings (SSSR count). The van der Waals surface area contributed by atoms with E-state index in [1.54, 1.807) is 12.1 Å². The van der Waals surface area contributed by atoms with Crippen molar-refractivity contribution in [3.63, 3.8) is 0 Å². The fraction of sp³-hybridized carbons (Fsp3) is 0.364. The van der Waals surface area contributed by atoms with Crippen LogP contribution in [0.4, 0.5) is 0 Å². The van der Waals surface area contributed by atoms with Crippen LogP contribution in [0.1, 0.15) is 24.9 Å². The number of halogens is 2. The van der Waals surface area contributed by atoms with Gasteiger partial charge in [0.2, 0.25) is 5.91 Å². The molecular formula is C11H14ClIN2O2. The van der Waals surface area contributed by atoms with Gasteiger partial charge >= 0.3 is 0 Å². The third-order valence-electron chi connectivity index (χ3n) is 2.36. The van der Waals surface area contributed by atoms with Crippen LogP contribution >= 0.6 is 34.2 Å². The van der Waals surface area contributed by atoms with Crippen LogP contribution in [-0.2, 0) is 4.79 Å². The molecule has 0 aliphatic carbocycles. The van der Waals surface area contributed by atoms with Crippen LogP contribution in [-0.4, -0.2) is 17.6 Å². The van der Waals surface area contributed by atoms with E-state index in [-0.39, 0.29) is 24.2 Å². The van der Waals surface area contributed by atoms with Crippen LogP contribution in [0.5, 0.6) is 5.75 Å². The van der Waals surface area contributed by atoms with Crippen molar-refractivity contribution in [2.45, 2.75) is 19.4 Å². The Hall–Kier alpha value is -0.530. The molecule has 0 spiro atoms. The number of benzene rings is 1. The van der Waals surface area contributed by atoms with Crippen molar-refractivity contribution in [2.24, 2.45) is 5.73 Å². The summed E-state index contributed by atoms with van der Waals surface area (Å²) in [5.74, 6) is -0.106. The molecule has 0 unspecified atom stereocenters. The minimum absolute atomic E-state index is 0.0745. The topological polar surface area (TPSA) is 75.4 Å². The molecule has 6 heteroatoms. The third kappa shape index (κ3) is 3.72. The van der Waals surface area contributed by atoms with Crippen molar-refractivity contribution in [2.75, 3.05) is 6.54 Å². The van der Waals surface area contributed by atoms with Gasteiger partial charge in [-0.05, 0) is 41.1 Å². The zero-order valence-corrected chi connectivity index (χ0v) is 12.2. The summed E-state index contributed by atoms with van der Waals surface area (Å²) in [5, 5.41) is 13.2. The number of hydrogen-bond acceptors (Lipinski definition) is 3. The molecule has 94 valence electrons. The maximum Gasteiger partial charge on any atom is 0.234 e. The summed E-state index contributed by atoms with van der Waals surface area (Å²) in [6, 6.07) is 3.04. The molecule has 0 radical (unpaired) electrons. The summed E-state index contributed by atoms with van der Waals surface area (Å²) in [6.07, 6.45) is 0.649. The molecule has 0 heterocycles. The predicted molar refractivity (Wildman–Crippen MR) is 76.1 cm³/mol. The SMILES string of the molecule is CC[C@H](NC(=O)CN)c1cc(Cl)cc(I)c1O. The summed E-state index contributed by atoms with van der Waals surface area (Å²) in [6.45, 7) is 1.84. The molecule has 17 heavy (non-hydrogen) atoms. The lowest BCUT2D eigenvalue weighted by Crippen LogP contribution is -2.33. The number of nitrogens with one attached hydrogen (secondary N) is 1. The number of aromatic hydroxyl groups is 1. The van der Waals surface area contributed by atoms with Crippen molar-refractivity contribution in [1.82, 2.24) is 5.32 Å². The standard InChI is InChI=1S/C11H14ClIN2O2/c1-2-9(15-10(16)5-14)7-3-6(12)4-8(13)11(7)17/h3-4,9,17H,2,5,14H2,1H3,(H,15,16)/t9-/m0/s1. The average Bonchev–Trinajstić information content (AvgIpc) is 2.30. The fourth-order valence-electron chi connectivity index (χ4n) is 1.50. The minimum atomic E-state index is -0.279. The van der Waals surface area contributed by atoms with Crippen LogP contribution in [0.15, 0.2) is 12.1 Å². The number of rotatable bonds is 4. The molecule has 0 saturated carbocycles. The Morgan fingerprint density at radius 3 is 2.82 bits per heavy atom. The van der Waals surface area contributed by atoms with Gasteiger partial charge in [-0.2, -0.15) is 0 Å². The Morgan fingerprint density at radius 1 is 1.65 bits per heavy atom. The molecule has 1 aromatic rings. The van der Waals surface area contributed by atoms with E-state index < -0.39 is 0 Å². The maximum atomic E-state index is 11.3. The molecular weight excluding hydrogens is 354 g/mol. The van der Waals surface area contributed by atoms with E-state index in [1.165, 1.54) is 0 Å². The lowest BCUT2D eigenvalue weighted by molar-refractivity contribution is -0.120. The lowest BCUT2D eigenvalue weighted by Gasteiger charge is -2.19. The smallest absolute Gasteiger partial charge is 0.234 e. The van der Waals surface area contributed by atoms with Gasteiger partial charge in [0.1, 0.15) is 5.75 Å². The first-order valence-corrected chi connectivity index (χ1v) is 6.62. The summed E-state index contributed by atoms with van der Waals surface area (Å²) in [5.41, 5.74) is 5.87. The number of phenolic OH excluding ortho intramolecular Hbond substituents is 1. The largest absolute Gasteiger partial charge is 0.506 e. The molecule has 0 aliphatic rings. The Kier molecular flexibility index (Phi) is 5.48. The van der Waals surface area contributed by atoms with Crippen molar-refractivity contribution in [3.8, 4) is 5.75 Å². The molecule has 4 nitrogen and oxygen atoms in total. The number of amides is 1. The van der Waals surface area contributed by atoms with Crippen LogP contribution < -0.4 is 11.1 Å². The van der Waals surface area contributed by atoms with Gasteiger partial charge in [0.15, 0.2) is 0 Å². The lowest BCUT2D eigenvalue weighted by atomic mass is 10.0. The molecule has 0 aromatic heterocycles. The first-order valence-electron chi connectivity index (χ1n) is 5.16. The Morgan fingerprint density at radius 2 is 2.29 bits per heavy atom. The van der Waals surface area contributed by atoms with Gasteiger partial charge < -0.3 is 16.2 Å². The molecule has 4 N–H and O–H groups in total. The third-order valence-corrected chi connectivity index (χ3v) is 3.40. The zero-order chi connectivity index (χ0) is 13.0. The van der Waals surface area contributed by atoms with Gasteiger partial charge in [-0.3, -0.25) is 4.79 Å². The molecule has 0 fully saturated rings. The summed E-state index contributed by atoms with van der Waals surface area (Å²) in [4.78, 5) is 11.3. The van der Waals surface area contributed by atoms with Crippen LogP contribution in [0.25, 0.3) is 0 Å². The van der Waals surface area contributed by atoms with E-state index >= 15 is 0 Å². The maximum absolute atomic E-state index is 11.3. The van der Waals surface area contributed by atoms with E-state index in [9.17, 15) is 9.90 Å². The van der Waals surface area contributed by atoms with E-state index in [0.29, 0.717) is 20.6 Å². The number of hydrogen-bond donors (Lipinski definition) is 3. The number of phenols is 1. The van der Waals surface area contributed by atoms with Gasteiger partial charge in [0.05, 0.1) is 16.2 Å². The normalized spacial score (nSPS) is 12.2. The van der Waals surface area contributed by atoms with Gasteiger partial charge in [0.25, 0.3) is 0 Å². The van der Waals surface area contributed by atoms with Gasteiger partial charge in [-0.1, -0.05) is 18.5 Å². The fourth-order valence-corrected chi connectivity index (χ4v) is 2.56. The second-order valence-electron chi connectivity index (χ2n) is 3.56. The summed E-state index contributed by atoms with van der Waals surface area (Å²) < 4.78 is 0.658. The monoisotopic (exact) mass is 368 g/mol. The van der Waals surface area contributed by atoms with Gasteiger partial charge in [0, 0.05) is 10.6 Å². The number of carbonyl (C=O) groups excluding carboxylic acids is 1. The van der Waals surface area contributed by atoms with Crippen LogP contribution in [0.3, 0.4) is 0 Å². The molecule has 0 saturated heterocycles. The highest BCUT2D eigenvalue weighted by Gasteiger charge is 2.18. The molecule has 1 atom stereocenters. The Bertz CT molecular complexity index is 426. The van der Waals surface area contributed by atoms with Gasteiger partial charge in [-0.25, -0.2) is 0 Å². The van der Waals surface area contributed by atoms with E-state index in [0.717, 1.165) is 0 Å². The second kappa shape index (κ2) is 6.42. The average molecular weight is 369 g/mol. The number of carbonyl (C=O) groups is 1. The van der Waals surface area contributed by atoms with E-state index in [4.69, 9.17) is 17.3 Å². The molecule has 1 amide bonds. The van der Waals surface area contributed by atoms with Crippen molar-refractivity contribution < 1.29 is 9.90 Å². The summed E-state index contributed by atoms with van der Waals surface area (Å²) >= 11 is 7.94. The van der Waals surface area contributed by atoms with Crippen molar-refractivity contribution in [1.29, 1.82) is 0 Å². The predicted octanol–water partition coefficient (Wildman–Crippen LogP) is 2.18. The van der Waals surface area contributed by atoms with Crippen molar-refractivity contribution >= 4 is 40.1 Å². The van der Waals surface area contributed by atoms with E-state index in [2.05, 4.69) is 5.32 Å². The highest BCUT2D eigenvalue weighted by molar-refractivity contribution is 14.1. The first kappa shape index (κ1) is 14.5. The summed E-state index contributed by atoms with van der Waals surface area (Å²) in [7, 11) is 0. The van der Waals surface area contributed by atoms with Gasteiger partial charge in [-0.15, -0.1) is 0 Å². The highest BCUT2D eigenvalue weighted by atomic mass is 127. The molecule has 0 aliphatic heterocycles. The second-order valence-corrected chi connectivity index (χ2v) is 5.16. The number of nitrogens with two attached hydrogens (primary N) is 1. The first-order chi connectivity index (χ1) is 7.99. The molecule has 1 aromatic carbocycles. The zero-order valence-electron chi connectivity index (χ0n) is 9.34.